The van der Waals surface area contributed by atoms with Crippen LogP contribution in [0, 0.1) is 0 Å². The zero-order chi connectivity index (χ0) is 21.1. The standard InChI is InChI=1S/C22H19N3O5/c1-2-29-22(28)18-19(27)17(10-14-11-24-20-16(14)4-3-9-23-20)30-21(18)25-15-7-5-13(12-26)6-8-15/h3-11,25-27H,2,12H2,1H3. The summed E-state index contributed by atoms with van der Waals surface area (Å²) in [5.41, 5.74) is 2.74. The van der Waals surface area contributed by atoms with Crippen molar-refractivity contribution in [2.75, 3.05) is 11.9 Å². The van der Waals surface area contributed by atoms with E-state index in [1.165, 1.54) is 0 Å². The van der Waals surface area contributed by atoms with Gasteiger partial charge in [0.05, 0.1) is 13.2 Å². The average molecular weight is 405 g/mol. The summed E-state index contributed by atoms with van der Waals surface area (Å²) in [7, 11) is 0. The predicted molar refractivity (Wildman–Crippen MR) is 112 cm³/mol. The van der Waals surface area contributed by atoms with E-state index in [2.05, 4.69) is 15.3 Å². The summed E-state index contributed by atoms with van der Waals surface area (Å²) >= 11 is 0. The molecule has 0 atom stereocenters. The van der Waals surface area contributed by atoms with Crippen LogP contribution in [0.25, 0.3) is 11.6 Å². The van der Waals surface area contributed by atoms with E-state index < -0.39 is 5.97 Å². The van der Waals surface area contributed by atoms with Gasteiger partial charge in [-0.05, 0) is 42.8 Å². The van der Waals surface area contributed by atoms with E-state index in [1.54, 1.807) is 55.7 Å². The number of anilines is 2. The summed E-state index contributed by atoms with van der Waals surface area (Å²) in [5.74, 6) is -0.328. The summed E-state index contributed by atoms with van der Waals surface area (Å²) in [6.07, 6.45) is 4.85. The van der Waals surface area contributed by atoms with Gasteiger partial charge in [0.25, 0.3) is 0 Å². The van der Waals surface area contributed by atoms with Crippen molar-refractivity contribution in [2.24, 2.45) is 4.99 Å². The molecule has 152 valence electrons. The van der Waals surface area contributed by atoms with Crippen LogP contribution in [0.15, 0.2) is 52.0 Å². The van der Waals surface area contributed by atoms with Gasteiger partial charge >= 0.3 is 5.97 Å². The molecule has 30 heavy (non-hydrogen) atoms. The second kappa shape index (κ2) is 8.22. The van der Waals surface area contributed by atoms with Crippen LogP contribution in [0.5, 0.6) is 5.75 Å². The molecule has 0 saturated carbocycles. The van der Waals surface area contributed by atoms with Crippen molar-refractivity contribution in [2.45, 2.75) is 13.5 Å². The minimum absolute atomic E-state index is 0.0518. The molecule has 3 heterocycles. The van der Waals surface area contributed by atoms with Gasteiger partial charge in [-0.25, -0.2) is 14.8 Å². The van der Waals surface area contributed by atoms with Gasteiger partial charge in [-0.1, -0.05) is 12.1 Å². The van der Waals surface area contributed by atoms with E-state index in [-0.39, 0.29) is 36.2 Å². The van der Waals surface area contributed by atoms with E-state index in [0.717, 1.165) is 11.1 Å². The Hall–Kier alpha value is -3.91. The predicted octanol–water partition coefficient (Wildman–Crippen LogP) is 4.05. The Morgan fingerprint density at radius 1 is 1.27 bits per heavy atom. The lowest BCUT2D eigenvalue weighted by molar-refractivity contribution is 0.0524. The molecule has 8 heteroatoms. The number of aliphatic hydroxyl groups excluding tert-OH is 1. The highest BCUT2D eigenvalue weighted by Crippen LogP contribution is 2.39. The highest BCUT2D eigenvalue weighted by Gasteiger charge is 2.27. The molecule has 0 unspecified atom stereocenters. The number of fused-ring (bicyclic) bond motifs is 1. The smallest absolute Gasteiger partial charge is 0.347 e. The summed E-state index contributed by atoms with van der Waals surface area (Å²) in [4.78, 5) is 20.9. The van der Waals surface area contributed by atoms with Gasteiger partial charge in [0.2, 0.25) is 5.88 Å². The summed E-state index contributed by atoms with van der Waals surface area (Å²) in [5, 5.41) is 22.9. The van der Waals surface area contributed by atoms with Gasteiger partial charge in [0.1, 0.15) is 0 Å². The second-order valence-corrected chi connectivity index (χ2v) is 6.45. The SMILES string of the molecule is CCOC(=O)c1c(Nc2ccc(CO)cc2)oc(C=C2C=Nc3ncccc32)c1O. The molecule has 0 aliphatic carbocycles. The molecular formula is C22H19N3O5. The number of rotatable bonds is 6. The van der Waals surface area contributed by atoms with E-state index in [1.807, 2.05) is 6.07 Å². The number of allylic oxidation sites excluding steroid dienone is 1. The molecule has 8 nitrogen and oxygen atoms in total. The van der Waals surface area contributed by atoms with Gasteiger partial charge in [-0.15, -0.1) is 0 Å². The number of aromatic nitrogens is 1. The molecule has 0 spiro atoms. The number of carbonyl (C=O) groups is 1. The third kappa shape index (κ3) is 3.68. The Labute approximate surface area is 172 Å². The van der Waals surface area contributed by atoms with Gasteiger partial charge in [0.15, 0.2) is 22.9 Å². The van der Waals surface area contributed by atoms with Crippen LogP contribution < -0.4 is 5.32 Å². The van der Waals surface area contributed by atoms with Crippen molar-refractivity contribution in [3.05, 3.63) is 65.0 Å². The molecule has 1 aliphatic heterocycles. The van der Waals surface area contributed by atoms with Crippen LogP contribution in [-0.4, -0.2) is 34.0 Å². The lowest BCUT2D eigenvalue weighted by Crippen LogP contribution is -2.06. The molecule has 3 N–H and O–H groups in total. The van der Waals surface area contributed by atoms with Crippen LogP contribution >= 0.6 is 0 Å². The van der Waals surface area contributed by atoms with E-state index in [9.17, 15) is 15.0 Å². The molecule has 1 aromatic carbocycles. The van der Waals surface area contributed by atoms with Crippen LogP contribution in [0.4, 0.5) is 17.4 Å². The lowest BCUT2D eigenvalue weighted by atomic mass is 10.1. The molecule has 0 bridgehead atoms. The quantitative estimate of drug-likeness (QED) is 0.530. The fourth-order valence-corrected chi connectivity index (χ4v) is 3.02. The number of aliphatic hydroxyl groups is 1. The fraction of sp³-hybridized carbons (Fsp3) is 0.136. The Balaban J connectivity index is 1.73. The fourth-order valence-electron chi connectivity index (χ4n) is 3.02. The first-order valence-corrected chi connectivity index (χ1v) is 9.31. The maximum Gasteiger partial charge on any atom is 0.347 e. The lowest BCUT2D eigenvalue weighted by Gasteiger charge is -2.06. The third-order valence-corrected chi connectivity index (χ3v) is 4.49. The zero-order valence-corrected chi connectivity index (χ0v) is 16.1. The molecule has 3 aromatic rings. The first kappa shape index (κ1) is 19.4. The Bertz CT molecular complexity index is 1150. The summed E-state index contributed by atoms with van der Waals surface area (Å²) in [6, 6.07) is 10.6. The molecule has 0 amide bonds. The first-order chi connectivity index (χ1) is 14.6. The maximum absolute atomic E-state index is 12.5. The average Bonchev–Trinajstić information content (AvgIpc) is 3.30. The topological polar surface area (TPSA) is 117 Å². The third-order valence-electron chi connectivity index (χ3n) is 4.49. The van der Waals surface area contributed by atoms with Crippen LogP contribution in [0.1, 0.15) is 34.2 Å². The van der Waals surface area contributed by atoms with Gasteiger partial charge in [-0.3, -0.25) is 0 Å². The molecular weight excluding hydrogens is 386 g/mol. The number of hydrogen-bond acceptors (Lipinski definition) is 8. The number of aromatic hydroxyl groups is 1. The normalized spacial score (nSPS) is 13.5. The number of benzene rings is 1. The molecule has 2 aromatic heterocycles. The number of nitrogens with zero attached hydrogens (tertiary/aromatic N) is 2. The van der Waals surface area contributed by atoms with Crippen molar-refractivity contribution in [3.63, 3.8) is 0 Å². The minimum atomic E-state index is -0.708. The largest absolute Gasteiger partial charge is 0.504 e. The van der Waals surface area contributed by atoms with E-state index in [0.29, 0.717) is 17.1 Å². The molecule has 4 rings (SSSR count). The second-order valence-electron chi connectivity index (χ2n) is 6.45. The molecule has 0 radical (unpaired) electrons. The maximum atomic E-state index is 12.5. The number of aliphatic imine (C=N–C) groups is 1. The van der Waals surface area contributed by atoms with Gasteiger partial charge in [-0.2, -0.15) is 0 Å². The minimum Gasteiger partial charge on any atom is -0.504 e. The molecule has 0 fully saturated rings. The molecule has 0 saturated heterocycles. The van der Waals surface area contributed by atoms with Crippen molar-refractivity contribution in [1.29, 1.82) is 0 Å². The van der Waals surface area contributed by atoms with E-state index in [4.69, 9.17) is 9.15 Å². The summed E-state index contributed by atoms with van der Waals surface area (Å²) in [6.45, 7) is 1.75. The molecule has 1 aliphatic rings. The van der Waals surface area contributed by atoms with Crippen LogP contribution in [0.2, 0.25) is 0 Å². The van der Waals surface area contributed by atoms with Gasteiger partial charge in [0, 0.05) is 29.2 Å². The number of furan rings is 1. The van der Waals surface area contributed by atoms with Crippen LogP contribution in [-0.2, 0) is 11.3 Å². The van der Waals surface area contributed by atoms with E-state index >= 15 is 0 Å². The Morgan fingerprint density at radius 2 is 2.07 bits per heavy atom. The van der Waals surface area contributed by atoms with Crippen molar-refractivity contribution in [1.82, 2.24) is 4.98 Å². The zero-order valence-electron chi connectivity index (χ0n) is 16.1. The Kier molecular flexibility index (Phi) is 5.32. The van der Waals surface area contributed by atoms with Crippen molar-refractivity contribution in [3.8, 4) is 5.75 Å². The van der Waals surface area contributed by atoms with Crippen molar-refractivity contribution >= 4 is 41.2 Å². The number of hydrogen-bond donors (Lipinski definition) is 3. The highest BCUT2D eigenvalue weighted by atomic mass is 16.5. The van der Waals surface area contributed by atoms with Crippen molar-refractivity contribution < 1.29 is 24.2 Å². The van der Waals surface area contributed by atoms with Crippen LogP contribution in [0.3, 0.4) is 0 Å². The van der Waals surface area contributed by atoms with Gasteiger partial charge < -0.3 is 24.7 Å². The first-order valence-electron chi connectivity index (χ1n) is 9.31. The number of carbonyl (C=O) groups excluding carboxylic acids is 1. The number of ether oxygens (including phenoxy) is 1. The monoisotopic (exact) mass is 405 g/mol. The highest BCUT2D eigenvalue weighted by molar-refractivity contribution is 6.21. The number of esters is 1. The summed E-state index contributed by atoms with van der Waals surface area (Å²) < 4.78 is 10.9. The number of pyridine rings is 1. The Morgan fingerprint density at radius 3 is 2.80 bits per heavy atom. The number of nitrogens with one attached hydrogen (secondary N) is 1.